The lowest BCUT2D eigenvalue weighted by atomic mass is 10.1. The summed E-state index contributed by atoms with van der Waals surface area (Å²) < 4.78 is 0. The van der Waals surface area contributed by atoms with Crippen molar-refractivity contribution in [2.24, 2.45) is 0 Å². The van der Waals surface area contributed by atoms with Crippen LogP contribution in [0.25, 0.3) is 0 Å². The molecule has 20 heavy (non-hydrogen) atoms. The Morgan fingerprint density at radius 1 is 1.35 bits per heavy atom. The Bertz CT molecular complexity index is 427. The number of carbonyl (C=O) groups is 1. The molecule has 2 rings (SSSR count). The number of benzene rings is 1. The third-order valence-electron chi connectivity index (χ3n) is 3.61. The molecule has 3 nitrogen and oxygen atoms in total. The van der Waals surface area contributed by atoms with E-state index in [1.807, 2.05) is 40.9 Å². The minimum atomic E-state index is 0.170. The van der Waals surface area contributed by atoms with E-state index in [1.165, 1.54) is 12.8 Å². The molecule has 0 spiro atoms. The van der Waals surface area contributed by atoms with E-state index in [0.717, 1.165) is 36.4 Å². The van der Waals surface area contributed by atoms with E-state index in [2.05, 4.69) is 6.92 Å². The number of carbonyl (C=O) groups excluding carboxylic acids is 1. The summed E-state index contributed by atoms with van der Waals surface area (Å²) in [6.45, 7) is 3.65. The number of hydrogen-bond donors (Lipinski definition) is 1. The molecule has 0 aromatic heterocycles. The first-order valence-electron chi connectivity index (χ1n) is 7.45. The maximum atomic E-state index is 12.6. The zero-order valence-corrected chi connectivity index (χ0v) is 13.0. The van der Waals surface area contributed by atoms with Crippen LogP contribution in [0.5, 0.6) is 0 Å². The topological polar surface area (TPSA) is 46.3 Å². The molecule has 1 unspecified atom stereocenters. The summed E-state index contributed by atoms with van der Waals surface area (Å²) in [5.41, 5.74) is 7.63. The highest BCUT2D eigenvalue weighted by molar-refractivity contribution is 8.00. The molecule has 1 aromatic carbocycles. The number of anilines is 1. The fourth-order valence-corrected chi connectivity index (χ4v) is 3.80. The van der Waals surface area contributed by atoms with Gasteiger partial charge >= 0.3 is 0 Å². The summed E-state index contributed by atoms with van der Waals surface area (Å²) in [6.07, 6.45) is 4.47. The van der Waals surface area contributed by atoms with Gasteiger partial charge in [-0.2, -0.15) is 0 Å². The van der Waals surface area contributed by atoms with Crippen molar-refractivity contribution in [3.63, 3.8) is 0 Å². The maximum absolute atomic E-state index is 12.6. The lowest BCUT2D eigenvalue weighted by Gasteiger charge is -2.29. The van der Waals surface area contributed by atoms with Crippen molar-refractivity contribution in [2.45, 2.75) is 44.4 Å². The molecule has 1 aliphatic rings. The Hall–Kier alpha value is -1.16. The minimum Gasteiger partial charge on any atom is -0.399 e. The van der Waals surface area contributed by atoms with Gasteiger partial charge in [-0.1, -0.05) is 25.5 Å². The summed E-state index contributed by atoms with van der Waals surface area (Å²) in [6, 6.07) is 7.83. The van der Waals surface area contributed by atoms with Crippen molar-refractivity contribution >= 4 is 23.4 Å². The molecule has 2 N–H and O–H groups in total. The highest BCUT2D eigenvalue weighted by atomic mass is 32.2. The van der Waals surface area contributed by atoms with E-state index in [1.54, 1.807) is 0 Å². The monoisotopic (exact) mass is 292 g/mol. The molecule has 1 aromatic rings. The molecule has 1 saturated heterocycles. The third kappa shape index (κ3) is 4.17. The highest BCUT2D eigenvalue weighted by Crippen LogP contribution is 2.27. The van der Waals surface area contributed by atoms with Crippen LogP contribution in [0.1, 0.15) is 38.2 Å². The molecule has 0 bridgehead atoms. The van der Waals surface area contributed by atoms with Crippen LogP contribution in [0, 0.1) is 0 Å². The SMILES string of the molecule is CCCN(Cc1ccc(N)cc1)C(=O)C1CCCCS1. The molecule has 0 saturated carbocycles. The summed E-state index contributed by atoms with van der Waals surface area (Å²) in [5.74, 6) is 1.44. The van der Waals surface area contributed by atoms with Crippen LogP contribution < -0.4 is 5.73 Å². The normalized spacial score (nSPS) is 18.8. The van der Waals surface area contributed by atoms with E-state index in [0.29, 0.717) is 12.5 Å². The molecule has 110 valence electrons. The quantitative estimate of drug-likeness (QED) is 0.847. The van der Waals surface area contributed by atoms with Crippen LogP contribution in [0.4, 0.5) is 5.69 Å². The van der Waals surface area contributed by atoms with E-state index >= 15 is 0 Å². The molecule has 0 radical (unpaired) electrons. The van der Waals surface area contributed by atoms with Gasteiger partial charge in [-0.05, 0) is 42.7 Å². The van der Waals surface area contributed by atoms with Gasteiger partial charge in [-0.25, -0.2) is 0 Å². The zero-order chi connectivity index (χ0) is 14.4. The van der Waals surface area contributed by atoms with Gasteiger partial charge in [0.05, 0.1) is 5.25 Å². The van der Waals surface area contributed by atoms with Crippen LogP contribution >= 0.6 is 11.8 Å². The lowest BCUT2D eigenvalue weighted by molar-refractivity contribution is -0.131. The first-order valence-corrected chi connectivity index (χ1v) is 8.50. The Morgan fingerprint density at radius 2 is 2.10 bits per heavy atom. The van der Waals surface area contributed by atoms with Gasteiger partial charge in [0.15, 0.2) is 0 Å². The van der Waals surface area contributed by atoms with Gasteiger partial charge in [0, 0.05) is 18.8 Å². The summed E-state index contributed by atoms with van der Waals surface area (Å²) >= 11 is 1.83. The molecule has 1 atom stereocenters. The van der Waals surface area contributed by atoms with Crippen LogP contribution in [0.3, 0.4) is 0 Å². The van der Waals surface area contributed by atoms with Gasteiger partial charge in [0.25, 0.3) is 0 Å². The van der Waals surface area contributed by atoms with Gasteiger partial charge < -0.3 is 10.6 Å². The molecule has 1 fully saturated rings. The molecular formula is C16H24N2OS. The number of thioether (sulfide) groups is 1. The second-order valence-corrected chi connectivity index (χ2v) is 6.67. The van der Waals surface area contributed by atoms with Crippen molar-refractivity contribution in [2.75, 3.05) is 18.0 Å². The van der Waals surface area contributed by atoms with Gasteiger partial charge in [-0.15, -0.1) is 11.8 Å². The average molecular weight is 292 g/mol. The molecule has 1 heterocycles. The number of rotatable bonds is 5. The van der Waals surface area contributed by atoms with Crippen molar-refractivity contribution in [1.82, 2.24) is 4.90 Å². The maximum Gasteiger partial charge on any atom is 0.235 e. The predicted octanol–water partition coefficient (Wildman–Crippen LogP) is 3.29. The smallest absolute Gasteiger partial charge is 0.235 e. The second kappa shape index (κ2) is 7.58. The van der Waals surface area contributed by atoms with Crippen molar-refractivity contribution in [3.8, 4) is 0 Å². The molecule has 1 amide bonds. The standard InChI is InChI=1S/C16H24N2OS/c1-2-10-18(12-13-6-8-14(17)9-7-13)16(19)15-5-3-4-11-20-15/h6-9,15H,2-5,10-12,17H2,1H3. The number of nitrogen functional groups attached to an aromatic ring is 1. The number of nitrogens with two attached hydrogens (primary N) is 1. The van der Waals surface area contributed by atoms with Gasteiger partial charge in [0.2, 0.25) is 5.91 Å². The lowest BCUT2D eigenvalue weighted by Crippen LogP contribution is -2.38. The predicted molar refractivity (Wildman–Crippen MR) is 86.7 cm³/mol. The first kappa shape index (κ1) is 15.2. The summed E-state index contributed by atoms with van der Waals surface area (Å²) in [7, 11) is 0. The fraction of sp³-hybridized carbons (Fsp3) is 0.562. The van der Waals surface area contributed by atoms with Crippen LogP contribution in [0.2, 0.25) is 0 Å². The molecular weight excluding hydrogens is 268 g/mol. The van der Waals surface area contributed by atoms with Crippen LogP contribution in [-0.4, -0.2) is 28.4 Å². The van der Waals surface area contributed by atoms with E-state index in [-0.39, 0.29) is 5.25 Å². The van der Waals surface area contributed by atoms with Crippen LogP contribution in [-0.2, 0) is 11.3 Å². The van der Waals surface area contributed by atoms with Crippen molar-refractivity contribution < 1.29 is 4.79 Å². The van der Waals surface area contributed by atoms with E-state index in [4.69, 9.17) is 5.73 Å². The average Bonchev–Trinajstić information content (AvgIpc) is 2.49. The number of nitrogens with zero attached hydrogens (tertiary/aromatic N) is 1. The van der Waals surface area contributed by atoms with Crippen LogP contribution in [0.15, 0.2) is 24.3 Å². The van der Waals surface area contributed by atoms with Crippen molar-refractivity contribution in [3.05, 3.63) is 29.8 Å². The summed E-state index contributed by atoms with van der Waals surface area (Å²) in [4.78, 5) is 14.6. The second-order valence-electron chi connectivity index (χ2n) is 5.36. The van der Waals surface area contributed by atoms with E-state index in [9.17, 15) is 4.79 Å². The fourth-order valence-electron chi connectivity index (χ4n) is 2.52. The number of amides is 1. The first-order chi connectivity index (χ1) is 9.70. The minimum absolute atomic E-state index is 0.170. The Labute approximate surface area is 125 Å². The Kier molecular flexibility index (Phi) is 5.77. The van der Waals surface area contributed by atoms with Gasteiger partial charge in [0.1, 0.15) is 0 Å². The van der Waals surface area contributed by atoms with E-state index < -0.39 is 0 Å². The van der Waals surface area contributed by atoms with Gasteiger partial charge in [-0.3, -0.25) is 4.79 Å². The third-order valence-corrected chi connectivity index (χ3v) is 4.98. The number of hydrogen-bond acceptors (Lipinski definition) is 3. The molecule has 4 heteroatoms. The van der Waals surface area contributed by atoms with Crippen molar-refractivity contribution in [1.29, 1.82) is 0 Å². The summed E-state index contributed by atoms with van der Waals surface area (Å²) in [5, 5.41) is 0.170. The Morgan fingerprint density at radius 3 is 2.70 bits per heavy atom. The molecule has 0 aliphatic carbocycles. The highest BCUT2D eigenvalue weighted by Gasteiger charge is 2.26. The Balaban J connectivity index is 2.01. The zero-order valence-electron chi connectivity index (χ0n) is 12.2. The largest absolute Gasteiger partial charge is 0.399 e. The molecule has 1 aliphatic heterocycles.